The number of rotatable bonds is 1. The summed E-state index contributed by atoms with van der Waals surface area (Å²) in [5.41, 5.74) is 2.64. The molecule has 102 valence electrons. The van der Waals surface area contributed by atoms with Gasteiger partial charge in [0.1, 0.15) is 5.75 Å². The predicted molar refractivity (Wildman–Crippen MR) is 80.4 cm³/mol. The third-order valence-corrected chi connectivity index (χ3v) is 6.74. The lowest BCUT2D eigenvalue weighted by atomic mass is 9.48. The third kappa shape index (κ3) is 1.79. The van der Waals surface area contributed by atoms with Crippen molar-refractivity contribution in [3.05, 3.63) is 27.7 Å². The predicted octanol–water partition coefficient (Wildman–Crippen LogP) is 4.93. The van der Waals surface area contributed by atoms with Crippen LogP contribution < -0.4 is 0 Å². The summed E-state index contributed by atoms with van der Waals surface area (Å²) in [5, 5.41) is 10.5. The first-order valence-corrected chi connectivity index (χ1v) is 8.35. The van der Waals surface area contributed by atoms with E-state index in [2.05, 4.69) is 22.0 Å². The van der Waals surface area contributed by atoms with Gasteiger partial charge in [0, 0.05) is 10.0 Å². The molecule has 0 aromatic heterocycles. The van der Waals surface area contributed by atoms with Gasteiger partial charge in [-0.05, 0) is 86.3 Å². The van der Waals surface area contributed by atoms with Crippen LogP contribution in [0.4, 0.5) is 0 Å². The fraction of sp³-hybridized carbons (Fsp3) is 0.647. The van der Waals surface area contributed by atoms with Crippen LogP contribution in [-0.4, -0.2) is 5.11 Å². The highest BCUT2D eigenvalue weighted by molar-refractivity contribution is 9.10. The zero-order valence-electron chi connectivity index (χ0n) is 11.5. The van der Waals surface area contributed by atoms with Crippen LogP contribution >= 0.6 is 15.9 Å². The standard InChI is InChI=1S/C17H21BrO/c1-10-2-16(19)14(6-15(10)18)17-7-11-3-12(8-17)5-13(4-11)9-17/h2,6,11-13,19H,3-5,7-9H2,1H3. The number of hydrogen-bond acceptors (Lipinski definition) is 1. The molecule has 0 aliphatic heterocycles. The van der Waals surface area contributed by atoms with E-state index in [-0.39, 0.29) is 5.41 Å². The lowest BCUT2D eigenvalue weighted by Crippen LogP contribution is -2.48. The summed E-state index contributed by atoms with van der Waals surface area (Å²) < 4.78 is 1.15. The molecule has 0 radical (unpaired) electrons. The zero-order valence-corrected chi connectivity index (χ0v) is 13.0. The molecule has 4 aliphatic carbocycles. The fourth-order valence-corrected chi connectivity index (χ4v) is 5.87. The third-order valence-electron chi connectivity index (χ3n) is 5.89. The van der Waals surface area contributed by atoms with Crippen molar-refractivity contribution in [3.63, 3.8) is 0 Å². The minimum absolute atomic E-state index is 0.287. The lowest BCUT2D eigenvalue weighted by Gasteiger charge is -2.57. The van der Waals surface area contributed by atoms with Gasteiger partial charge in [0.15, 0.2) is 0 Å². The molecule has 4 fully saturated rings. The van der Waals surface area contributed by atoms with E-state index in [1.807, 2.05) is 13.0 Å². The molecule has 5 rings (SSSR count). The molecule has 0 saturated heterocycles. The summed E-state index contributed by atoms with van der Waals surface area (Å²) in [6.07, 6.45) is 8.28. The first kappa shape index (κ1) is 12.3. The molecule has 0 spiro atoms. The molecule has 1 nitrogen and oxygen atoms in total. The van der Waals surface area contributed by atoms with E-state index in [9.17, 15) is 5.11 Å². The fourth-order valence-electron chi connectivity index (χ4n) is 5.53. The van der Waals surface area contributed by atoms with Crippen LogP contribution in [0.1, 0.15) is 49.7 Å². The molecular formula is C17H21BrO. The van der Waals surface area contributed by atoms with Crippen molar-refractivity contribution in [2.45, 2.75) is 50.9 Å². The van der Waals surface area contributed by atoms with E-state index in [4.69, 9.17) is 0 Å². The highest BCUT2D eigenvalue weighted by atomic mass is 79.9. The Balaban J connectivity index is 1.81. The molecule has 19 heavy (non-hydrogen) atoms. The van der Waals surface area contributed by atoms with Gasteiger partial charge in [-0.1, -0.05) is 15.9 Å². The van der Waals surface area contributed by atoms with Crippen molar-refractivity contribution in [3.8, 4) is 5.75 Å². The first-order chi connectivity index (χ1) is 9.06. The number of benzene rings is 1. The van der Waals surface area contributed by atoms with E-state index in [1.165, 1.54) is 44.1 Å². The second-order valence-electron chi connectivity index (χ2n) is 7.32. The number of aromatic hydroxyl groups is 1. The highest BCUT2D eigenvalue weighted by Gasteiger charge is 2.52. The molecule has 4 bridgehead atoms. The Morgan fingerprint density at radius 1 is 1.05 bits per heavy atom. The summed E-state index contributed by atoms with van der Waals surface area (Å²) in [5.74, 6) is 3.30. The SMILES string of the molecule is Cc1cc(O)c(C23CC4CC(CC(C4)C2)C3)cc1Br. The van der Waals surface area contributed by atoms with E-state index in [0.29, 0.717) is 5.75 Å². The largest absolute Gasteiger partial charge is 0.508 e. The lowest BCUT2D eigenvalue weighted by molar-refractivity contribution is -0.00616. The molecule has 4 aliphatic rings. The number of aryl methyl sites for hydroxylation is 1. The van der Waals surface area contributed by atoms with Crippen molar-refractivity contribution >= 4 is 15.9 Å². The van der Waals surface area contributed by atoms with Gasteiger partial charge in [0.05, 0.1) is 0 Å². The van der Waals surface area contributed by atoms with Crippen LogP contribution in [0.15, 0.2) is 16.6 Å². The van der Waals surface area contributed by atoms with Crippen molar-refractivity contribution in [2.24, 2.45) is 17.8 Å². The Hall–Kier alpha value is -0.500. The number of hydrogen-bond donors (Lipinski definition) is 1. The summed E-state index contributed by atoms with van der Waals surface area (Å²) in [4.78, 5) is 0. The van der Waals surface area contributed by atoms with Crippen molar-refractivity contribution in [1.82, 2.24) is 0 Å². The second kappa shape index (κ2) is 4.00. The van der Waals surface area contributed by atoms with Crippen LogP contribution in [0, 0.1) is 24.7 Å². The monoisotopic (exact) mass is 320 g/mol. The quantitative estimate of drug-likeness (QED) is 0.777. The Labute approximate surface area is 123 Å². The van der Waals surface area contributed by atoms with Crippen molar-refractivity contribution in [2.75, 3.05) is 0 Å². The van der Waals surface area contributed by atoms with Gasteiger partial charge in [-0.15, -0.1) is 0 Å². The molecule has 1 aromatic carbocycles. The average molecular weight is 321 g/mol. The minimum Gasteiger partial charge on any atom is -0.508 e. The summed E-state index contributed by atoms with van der Waals surface area (Å²) >= 11 is 3.65. The highest BCUT2D eigenvalue weighted by Crippen LogP contribution is 2.62. The van der Waals surface area contributed by atoms with Gasteiger partial charge in [0.2, 0.25) is 0 Å². The maximum atomic E-state index is 10.5. The van der Waals surface area contributed by atoms with E-state index >= 15 is 0 Å². The molecule has 1 aromatic rings. The van der Waals surface area contributed by atoms with Crippen LogP contribution in [0.5, 0.6) is 5.75 Å². The first-order valence-electron chi connectivity index (χ1n) is 7.55. The second-order valence-corrected chi connectivity index (χ2v) is 8.17. The molecule has 0 amide bonds. The number of halogens is 1. The van der Waals surface area contributed by atoms with Crippen LogP contribution in [0.2, 0.25) is 0 Å². The minimum atomic E-state index is 0.287. The summed E-state index contributed by atoms with van der Waals surface area (Å²) in [6.45, 7) is 2.05. The smallest absolute Gasteiger partial charge is 0.119 e. The van der Waals surface area contributed by atoms with Gasteiger partial charge in [0.25, 0.3) is 0 Å². The van der Waals surface area contributed by atoms with Crippen LogP contribution in [-0.2, 0) is 5.41 Å². The van der Waals surface area contributed by atoms with Gasteiger partial charge < -0.3 is 5.11 Å². The van der Waals surface area contributed by atoms with Crippen LogP contribution in [0.25, 0.3) is 0 Å². The van der Waals surface area contributed by atoms with E-state index < -0.39 is 0 Å². The zero-order chi connectivity index (χ0) is 13.2. The van der Waals surface area contributed by atoms with Gasteiger partial charge in [-0.25, -0.2) is 0 Å². The Morgan fingerprint density at radius 2 is 1.58 bits per heavy atom. The Bertz CT molecular complexity index is 499. The maximum absolute atomic E-state index is 10.5. The molecule has 2 heteroatoms. The molecule has 4 saturated carbocycles. The number of phenols is 1. The summed E-state index contributed by atoms with van der Waals surface area (Å²) in [7, 11) is 0. The average Bonchev–Trinajstić information content (AvgIpc) is 2.32. The van der Waals surface area contributed by atoms with Crippen molar-refractivity contribution in [1.29, 1.82) is 0 Å². The molecular weight excluding hydrogens is 300 g/mol. The Kier molecular flexibility index (Phi) is 2.58. The topological polar surface area (TPSA) is 20.2 Å². The van der Waals surface area contributed by atoms with Gasteiger partial charge in [-0.2, -0.15) is 0 Å². The number of phenolic OH excluding ortho intramolecular Hbond substituents is 1. The molecule has 0 heterocycles. The van der Waals surface area contributed by atoms with Crippen molar-refractivity contribution < 1.29 is 5.11 Å². The maximum Gasteiger partial charge on any atom is 0.119 e. The van der Waals surface area contributed by atoms with E-state index in [0.717, 1.165) is 27.8 Å². The van der Waals surface area contributed by atoms with Gasteiger partial charge in [-0.3, -0.25) is 0 Å². The molecule has 0 unspecified atom stereocenters. The van der Waals surface area contributed by atoms with Crippen LogP contribution in [0.3, 0.4) is 0 Å². The van der Waals surface area contributed by atoms with Gasteiger partial charge >= 0.3 is 0 Å². The molecule has 0 atom stereocenters. The normalized spacial score (nSPS) is 39.8. The van der Waals surface area contributed by atoms with E-state index in [1.54, 1.807) is 0 Å². The Morgan fingerprint density at radius 3 is 2.11 bits per heavy atom. The molecule has 1 N–H and O–H groups in total. The summed E-state index contributed by atoms with van der Waals surface area (Å²) in [6, 6.07) is 4.15.